The average molecular weight is 470 g/mol. The van der Waals surface area contributed by atoms with Gasteiger partial charge in [0.15, 0.2) is 23.1 Å². The highest BCUT2D eigenvalue weighted by Crippen LogP contribution is 2.37. The normalized spacial score (nSPS) is 21.6. The fourth-order valence-electron chi connectivity index (χ4n) is 4.89. The Balaban J connectivity index is 1.72. The van der Waals surface area contributed by atoms with Crippen molar-refractivity contribution in [2.45, 2.75) is 71.4 Å². The monoisotopic (exact) mass is 469 g/mol. The molecule has 11 nitrogen and oxygen atoms in total. The molecule has 2 atom stereocenters. The van der Waals surface area contributed by atoms with Gasteiger partial charge in [-0.1, -0.05) is 20.3 Å². The number of anilines is 1. The second kappa shape index (κ2) is 9.13. The number of nitrogens with zero attached hydrogens (tertiary/aromatic N) is 4. The van der Waals surface area contributed by atoms with Crippen LogP contribution in [0.4, 0.5) is 5.82 Å². The quantitative estimate of drug-likeness (QED) is 0.530. The number of hydrogen-bond acceptors (Lipinski definition) is 9. The number of ketones is 1. The maximum Gasteiger partial charge on any atom is 0.320 e. The van der Waals surface area contributed by atoms with Gasteiger partial charge < -0.3 is 21.5 Å². The van der Waals surface area contributed by atoms with E-state index in [-0.39, 0.29) is 35.3 Å². The molecule has 0 aromatic carbocycles. The number of ether oxygens (including phenoxy) is 1. The number of nitrogens with one attached hydrogen (secondary N) is 1. The molecular weight excluding hydrogens is 438 g/mol. The molecule has 2 heterocycles. The Kier molecular flexibility index (Phi) is 6.39. The van der Waals surface area contributed by atoms with Crippen LogP contribution in [0.1, 0.15) is 78.2 Å². The molecular formula is C23H31N7O4. The first kappa shape index (κ1) is 23.8. The van der Waals surface area contributed by atoms with Crippen LogP contribution in [0.3, 0.4) is 0 Å². The standard InChI is InChI=1S/C23H31N7O4/c1-12-19-14(8-23(2,3)9-15(19)31)30(29-12)17-11-26-20(21(25)33)22(28-17)27-13-6-4-5-7-16(13)34-18(32)10-24/h11,13,16H,4-10,24H2,1-3H3,(H2,25,33)(H,27,28). The van der Waals surface area contributed by atoms with Crippen molar-refractivity contribution >= 4 is 23.5 Å². The van der Waals surface area contributed by atoms with Crippen LogP contribution in [0.15, 0.2) is 6.20 Å². The van der Waals surface area contributed by atoms with Gasteiger partial charge in [-0.15, -0.1) is 0 Å². The number of amides is 1. The van der Waals surface area contributed by atoms with E-state index in [0.29, 0.717) is 42.8 Å². The fourth-order valence-corrected chi connectivity index (χ4v) is 4.89. The Bertz CT molecular complexity index is 1140. The van der Waals surface area contributed by atoms with Gasteiger partial charge in [-0.2, -0.15) is 5.10 Å². The van der Waals surface area contributed by atoms with Crippen molar-refractivity contribution < 1.29 is 19.1 Å². The molecule has 0 aliphatic heterocycles. The van der Waals surface area contributed by atoms with Crippen LogP contribution in [-0.4, -0.2) is 56.1 Å². The Labute approximate surface area is 197 Å². The Hall–Kier alpha value is -3.34. The van der Waals surface area contributed by atoms with Gasteiger partial charge in [0.25, 0.3) is 5.91 Å². The summed E-state index contributed by atoms with van der Waals surface area (Å²) in [4.78, 5) is 45.6. The van der Waals surface area contributed by atoms with Crippen LogP contribution in [0.5, 0.6) is 0 Å². The predicted octanol–water partition coefficient (Wildman–Crippen LogP) is 1.45. The number of rotatable bonds is 6. The summed E-state index contributed by atoms with van der Waals surface area (Å²) in [5, 5.41) is 7.80. The maximum absolute atomic E-state index is 12.8. The van der Waals surface area contributed by atoms with Gasteiger partial charge >= 0.3 is 5.97 Å². The highest BCUT2D eigenvalue weighted by molar-refractivity contribution is 6.00. The largest absolute Gasteiger partial charge is 0.459 e. The number of carbonyl (C=O) groups is 3. The lowest BCUT2D eigenvalue weighted by atomic mass is 9.75. The predicted molar refractivity (Wildman–Crippen MR) is 124 cm³/mol. The Morgan fingerprint density at radius 3 is 2.71 bits per heavy atom. The summed E-state index contributed by atoms with van der Waals surface area (Å²) < 4.78 is 7.13. The van der Waals surface area contributed by atoms with E-state index >= 15 is 0 Å². The summed E-state index contributed by atoms with van der Waals surface area (Å²) in [6, 6.07) is -0.277. The zero-order valence-electron chi connectivity index (χ0n) is 19.8. The number of aromatic nitrogens is 4. The van der Waals surface area contributed by atoms with Crippen LogP contribution in [0, 0.1) is 12.3 Å². The van der Waals surface area contributed by atoms with E-state index in [2.05, 4.69) is 20.4 Å². The first-order chi connectivity index (χ1) is 16.1. The van der Waals surface area contributed by atoms with Crippen molar-refractivity contribution in [1.82, 2.24) is 19.7 Å². The molecule has 2 unspecified atom stereocenters. The number of carbonyl (C=O) groups excluding carboxylic acids is 3. The van der Waals surface area contributed by atoms with E-state index in [1.165, 1.54) is 6.20 Å². The minimum absolute atomic E-state index is 0.0209. The van der Waals surface area contributed by atoms with Gasteiger partial charge in [-0.05, 0) is 38.0 Å². The molecule has 0 spiro atoms. The summed E-state index contributed by atoms with van der Waals surface area (Å²) in [7, 11) is 0. The summed E-state index contributed by atoms with van der Waals surface area (Å²) in [6.07, 6.45) is 5.35. The summed E-state index contributed by atoms with van der Waals surface area (Å²) in [5.41, 5.74) is 12.8. The Morgan fingerprint density at radius 1 is 1.26 bits per heavy atom. The number of fused-ring (bicyclic) bond motifs is 1. The maximum atomic E-state index is 12.8. The summed E-state index contributed by atoms with van der Waals surface area (Å²) in [5.74, 6) is -0.605. The van der Waals surface area contributed by atoms with E-state index in [1.807, 2.05) is 13.8 Å². The molecule has 11 heteroatoms. The molecule has 2 aliphatic carbocycles. The molecule has 1 fully saturated rings. The number of nitrogens with two attached hydrogens (primary N) is 2. The van der Waals surface area contributed by atoms with E-state index < -0.39 is 18.0 Å². The van der Waals surface area contributed by atoms with E-state index in [0.717, 1.165) is 18.5 Å². The zero-order chi connectivity index (χ0) is 24.6. The molecule has 0 bridgehead atoms. The molecule has 0 saturated heterocycles. The minimum atomic E-state index is -0.733. The number of aryl methyl sites for hydroxylation is 1. The van der Waals surface area contributed by atoms with E-state index in [4.69, 9.17) is 16.2 Å². The van der Waals surface area contributed by atoms with Crippen molar-refractivity contribution in [2.24, 2.45) is 16.9 Å². The van der Waals surface area contributed by atoms with Crippen LogP contribution in [-0.2, 0) is 16.0 Å². The lowest BCUT2D eigenvalue weighted by Crippen LogP contribution is -2.41. The van der Waals surface area contributed by atoms with Crippen LogP contribution in [0.2, 0.25) is 0 Å². The van der Waals surface area contributed by atoms with Gasteiger partial charge in [0.05, 0.1) is 35.7 Å². The molecule has 0 radical (unpaired) electrons. The third kappa shape index (κ3) is 4.65. The highest BCUT2D eigenvalue weighted by Gasteiger charge is 2.36. The second-order valence-corrected chi connectivity index (χ2v) is 9.82. The molecule has 2 aromatic heterocycles. The van der Waals surface area contributed by atoms with E-state index in [1.54, 1.807) is 11.6 Å². The first-order valence-corrected chi connectivity index (χ1v) is 11.5. The fraction of sp³-hybridized carbons (Fsp3) is 0.565. The smallest absolute Gasteiger partial charge is 0.320 e. The van der Waals surface area contributed by atoms with Gasteiger partial charge in [0, 0.05) is 6.42 Å². The van der Waals surface area contributed by atoms with Crippen molar-refractivity contribution in [3.05, 3.63) is 28.8 Å². The third-order valence-electron chi connectivity index (χ3n) is 6.40. The second-order valence-electron chi connectivity index (χ2n) is 9.82. The number of esters is 1. The molecule has 34 heavy (non-hydrogen) atoms. The molecule has 1 amide bonds. The van der Waals surface area contributed by atoms with Gasteiger partial charge in [0.1, 0.15) is 6.10 Å². The van der Waals surface area contributed by atoms with Crippen LogP contribution in [0.25, 0.3) is 5.82 Å². The third-order valence-corrected chi connectivity index (χ3v) is 6.40. The summed E-state index contributed by atoms with van der Waals surface area (Å²) in [6.45, 7) is 5.68. The molecule has 4 rings (SSSR count). The first-order valence-electron chi connectivity index (χ1n) is 11.5. The average Bonchev–Trinajstić information content (AvgIpc) is 3.09. The molecule has 5 N–H and O–H groups in total. The van der Waals surface area contributed by atoms with Crippen molar-refractivity contribution in [2.75, 3.05) is 11.9 Å². The molecule has 2 aromatic rings. The van der Waals surface area contributed by atoms with Crippen molar-refractivity contribution in [3.63, 3.8) is 0 Å². The molecule has 182 valence electrons. The number of primary amides is 1. The number of hydrogen-bond donors (Lipinski definition) is 3. The van der Waals surface area contributed by atoms with Crippen molar-refractivity contribution in [1.29, 1.82) is 0 Å². The zero-order valence-corrected chi connectivity index (χ0v) is 19.8. The highest BCUT2D eigenvalue weighted by atomic mass is 16.5. The van der Waals surface area contributed by atoms with Crippen molar-refractivity contribution in [3.8, 4) is 5.82 Å². The summed E-state index contributed by atoms with van der Waals surface area (Å²) >= 11 is 0. The topological polar surface area (TPSA) is 168 Å². The molecule has 1 saturated carbocycles. The van der Waals surface area contributed by atoms with E-state index in [9.17, 15) is 14.4 Å². The molecule has 2 aliphatic rings. The minimum Gasteiger partial charge on any atom is -0.459 e. The Morgan fingerprint density at radius 2 is 2.00 bits per heavy atom. The number of Topliss-reactive ketones (excluding diaryl/α,β-unsaturated/α-hetero) is 1. The van der Waals surface area contributed by atoms with Gasteiger partial charge in [-0.25, -0.2) is 14.6 Å². The SMILES string of the molecule is Cc1nn(-c2cnc(C(N)=O)c(NC3CCCCC3OC(=O)CN)n2)c2c1C(=O)CC(C)(C)C2. The van der Waals surface area contributed by atoms with Gasteiger partial charge in [0.2, 0.25) is 0 Å². The van der Waals surface area contributed by atoms with Crippen LogP contribution < -0.4 is 16.8 Å². The van der Waals surface area contributed by atoms with Crippen LogP contribution >= 0.6 is 0 Å². The lowest BCUT2D eigenvalue weighted by molar-refractivity contribution is -0.149. The lowest BCUT2D eigenvalue weighted by Gasteiger charge is -2.32. The van der Waals surface area contributed by atoms with Gasteiger partial charge in [-0.3, -0.25) is 14.4 Å².